The molecule has 2 aliphatic rings. The summed E-state index contributed by atoms with van der Waals surface area (Å²) in [7, 11) is 0. The minimum Gasteiger partial charge on any atom is -0.451 e. The van der Waals surface area contributed by atoms with E-state index in [1.165, 1.54) is 6.33 Å². The number of terminal acetylenes is 1. The third-order valence-electron chi connectivity index (χ3n) is 7.88. The van der Waals surface area contributed by atoms with E-state index in [9.17, 15) is 9.59 Å². The van der Waals surface area contributed by atoms with E-state index in [0.717, 1.165) is 54.3 Å². The van der Waals surface area contributed by atoms with Crippen molar-refractivity contribution in [1.82, 2.24) is 20.1 Å². The number of carbonyl (C=O) groups is 2. The van der Waals surface area contributed by atoms with Crippen LogP contribution in [0.15, 0.2) is 65.6 Å². The van der Waals surface area contributed by atoms with Gasteiger partial charge in [-0.25, -0.2) is 9.67 Å². The molecule has 2 aliphatic carbocycles. The molecule has 2 heterocycles. The molecule has 0 spiro atoms. The smallest absolute Gasteiger partial charge is 0.287 e. The van der Waals surface area contributed by atoms with Gasteiger partial charge in [-0.15, -0.1) is 6.42 Å². The molecular weight excluding hydrogens is 464 g/mol. The van der Waals surface area contributed by atoms with Crippen LogP contribution in [-0.4, -0.2) is 32.0 Å². The number of ketones is 1. The highest BCUT2D eigenvalue weighted by Crippen LogP contribution is 2.49. The Hall–Kier alpha value is -4.18. The standard InChI is InChI=1S/C30H28N4O3/c1-2-29(14-15-29)18-27(35)30(12-4-3-5-13-30)33-28(36)26-17-23-7-6-22(16-25(23)37-26)21-8-10-24(11-9-21)34-20-31-19-32-34/h1,6-11,16-17,19-20H,3-5,12-15,18H2,(H,33,36). The molecule has 0 bridgehead atoms. The molecule has 0 atom stereocenters. The van der Waals surface area contributed by atoms with Gasteiger partial charge in [-0.3, -0.25) is 9.59 Å². The summed E-state index contributed by atoms with van der Waals surface area (Å²) in [5.41, 5.74) is 2.36. The predicted octanol–water partition coefficient (Wildman–Crippen LogP) is 5.49. The first kappa shape index (κ1) is 23.2. The van der Waals surface area contributed by atoms with E-state index in [4.69, 9.17) is 10.8 Å². The Morgan fingerprint density at radius 1 is 1.00 bits per heavy atom. The van der Waals surface area contributed by atoms with Gasteiger partial charge in [-0.2, -0.15) is 5.10 Å². The lowest BCUT2D eigenvalue weighted by Gasteiger charge is -2.37. The van der Waals surface area contributed by atoms with Crippen LogP contribution in [0.2, 0.25) is 0 Å². The Kier molecular flexibility index (Phi) is 5.68. The first-order valence-corrected chi connectivity index (χ1v) is 12.8. The second-order valence-electron chi connectivity index (χ2n) is 10.4. The van der Waals surface area contributed by atoms with E-state index in [1.54, 1.807) is 17.1 Å². The molecule has 0 unspecified atom stereocenters. The van der Waals surface area contributed by atoms with Crippen LogP contribution >= 0.6 is 0 Å². The van der Waals surface area contributed by atoms with Crippen molar-refractivity contribution in [1.29, 1.82) is 0 Å². The number of benzene rings is 2. The molecular formula is C30H28N4O3. The number of hydrogen-bond acceptors (Lipinski definition) is 5. The van der Waals surface area contributed by atoms with Crippen molar-refractivity contribution in [2.75, 3.05) is 0 Å². The fraction of sp³-hybridized carbons (Fsp3) is 0.333. The van der Waals surface area contributed by atoms with E-state index in [-0.39, 0.29) is 22.9 Å². The second-order valence-corrected chi connectivity index (χ2v) is 10.4. The summed E-state index contributed by atoms with van der Waals surface area (Å²) in [4.78, 5) is 30.7. The number of fused-ring (bicyclic) bond motifs is 1. The summed E-state index contributed by atoms with van der Waals surface area (Å²) in [5.74, 6) is 2.73. The first-order valence-electron chi connectivity index (χ1n) is 12.8. The molecule has 37 heavy (non-hydrogen) atoms. The maximum atomic E-state index is 13.4. The third-order valence-corrected chi connectivity index (χ3v) is 7.88. The molecule has 6 rings (SSSR count). The molecule has 0 radical (unpaired) electrons. The van der Waals surface area contributed by atoms with Gasteiger partial charge in [0.2, 0.25) is 0 Å². The lowest BCUT2D eigenvalue weighted by atomic mass is 9.75. The van der Waals surface area contributed by atoms with Crippen LogP contribution in [0.25, 0.3) is 27.8 Å². The van der Waals surface area contributed by atoms with Crippen molar-refractivity contribution in [3.05, 3.63) is 66.9 Å². The average molecular weight is 493 g/mol. The zero-order valence-electron chi connectivity index (χ0n) is 20.6. The number of nitrogens with zero attached hydrogens (tertiary/aromatic N) is 3. The van der Waals surface area contributed by atoms with Crippen molar-refractivity contribution < 1.29 is 14.0 Å². The largest absolute Gasteiger partial charge is 0.451 e. The third kappa shape index (κ3) is 4.44. The van der Waals surface area contributed by atoms with Crippen molar-refractivity contribution in [3.8, 4) is 29.2 Å². The summed E-state index contributed by atoms with van der Waals surface area (Å²) in [6, 6.07) is 15.6. The zero-order valence-corrected chi connectivity index (χ0v) is 20.6. The Bertz CT molecular complexity index is 1500. The summed E-state index contributed by atoms with van der Waals surface area (Å²) in [6.45, 7) is 0. The molecule has 2 aromatic carbocycles. The lowest BCUT2D eigenvalue weighted by molar-refractivity contribution is -0.127. The van der Waals surface area contributed by atoms with Crippen LogP contribution in [0.1, 0.15) is 61.9 Å². The van der Waals surface area contributed by atoms with Gasteiger partial charge in [0.15, 0.2) is 11.5 Å². The highest BCUT2D eigenvalue weighted by atomic mass is 16.3. The van der Waals surface area contributed by atoms with Crippen LogP contribution < -0.4 is 5.32 Å². The molecule has 7 heteroatoms. The topological polar surface area (TPSA) is 90.0 Å². The minimum absolute atomic E-state index is 0.0590. The maximum absolute atomic E-state index is 13.4. The maximum Gasteiger partial charge on any atom is 0.287 e. The van der Waals surface area contributed by atoms with Gasteiger partial charge in [-0.1, -0.05) is 49.4 Å². The van der Waals surface area contributed by atoms with Crippen molar-refractivity contribution in [2.45, 2.75) is 56.9 Å². The Labute approximate surface area is 215 Å². The fourth-order valence-corrected chi connectivity index (χ4v) is 5.38. The summed E-state index contributed by atoms with van der Waals surface area (Å²) < 4.78 is 7.70. The second kappa shape index (κ2) is 9.04. The minimum atomic E-state index is -0.863. The number of furan rings is 1. The Morgan fingerprint density at radius 3 is 2.43 bits per heavy atom. The summed E-state index contributed by atoms with van der Waals surface area (Å²) >= 11 is 0. The first-order chi connectivity index (χ1) is 18.0. The van der Waals surface area contributed by atoms with Crippen LogP contribution in [0.4, 0.5) is 0 Å². The van der Waals surface area contributed by atoms with Gasteiger partial charge in [0.25, 0.3) is 5.91 Å². The van der Waals surface area contributed by atoms with Crippen molar-refractivity contribution in [3.63, 3.8) is 0 Å². The Balaban J connectivity index is 1.23. The number of nitrogens with one attached hydrogen (secondary N) is 1. The number of hydrogen-bond donors (Lipinski definition) is 1. The molecule has 2 aromatic heterocycles. The molecule has 0 saturated heterocycles. The number of rotatable bonds is 7. The van der Waals surface area contributed by atoms with E-state index >= 15 is 0 Å². The highest BCUT2D eigenvalue weighted by molar-refractivity contribution is 6.01. The van der Waals surface area contributed by atoms with Gasteiger partial charge in [-0.05, 0) is 61.1 Å². The lowest BCUT2D eigenvalue weighted by Crippen LogP contribution is -2.56. The van der Waals surface area contributed by atoms with Gasteiger partial charge < -0.3 is 9.73 Å². The molecule has 1 N–H and O–H groups in total. The molecule has 1 amide bonds. The van der Waals surface area contributed by atoms with E-state index < -0.39 is 5.54 Å². The molecule has 2 saturated carbocycles. The van der Waals surface area contributed by atoms with Crippen LogP contribution in [0.5, 0.6) is 0 Å². The van der Waals surface area contributed by atoms with Crippen molar-refractivity contribution >= 4 is 22.7 Å². The van der Waals surface area contributed by atoms with Gasteiger partial charge >= 0.3 is 0 Å². The van der Waals surface area contributed by atoms with Gasteiger partial charge in [0.05, 0.1) is 11.2 Å². The fourth-order valence-electron chi connectivity index (χ4n) is 5.38. The number of Topliss-reactive ketones (excluding diaryl/α,β-unsaturated/α-hetero) is 1. The number of aromatic nitrogens is 3. The Morgan fingerprint density at radius 2 is 1.76 bits per heavy atom. The molecule has 2 fully saturated rings. The zero-order chi connectivity index (χ0) is 25.5. The van der Waals surface area contributed by atoms with Crippen LogP contribution in [0.3, 0.4) is 0 Å². The normalized spacial score (nSPS) is 17.7. The monoisotopic (exact) mass is 492 g/mol. The molecule has 7 nitrogen and oxygen atoms in total. The van der Waals surface area contributed by atoms with E-state index in [2.05, 4.69) is 21.3 Å². The SMILES string of the molecule is C#CC1(CC(=O)C2(NC(=O)c3cc4ccc(-c5ccc(-n6cncn6)cc5)cc4o3)CCCCC2)CC1. The molecule has 0 aliphatic heterocycles. The van der Waals surface area contributed by atoms with Crippen LogP contribution in [0, 0.1) is 17.8 Å². The number of amides is 1. The quantitative estimate of drug-likeness (QED) is 0.345. The average Bonchev–Trinajstić information content (AvgIpc) is 3.30. The van der Waals surface area contributed by atoms with Crippen molar-refractivity contribution in [2.24, 2.45) is 5.41 Å². The van der Waals surface area contributed by atoms with Gasteiger partial charge in [0.1, 0.15) is 18.2 Å². The molecule has 186 valence electrons. The summed E-state index contributed by atoms with van der Waals surface area (Å²) in [6.07, 6.45) is 15.1. The van der Waals surface area contributed by atoms with Crippen LogP contribution in [-0.2, 0) is 4.79 Å². The highest BCUT2D eigenvalue weighted by Gasteiger charge is 2.49. The van der Waals surface area contributed by atoms with E-state index in [1.807, 2.05) is 42.5 Å². The van der Waals surface area contributed by atoms with Gasteiger partial charge in [0, 0.05) is 17.2 Å². The number of carbonyl (C=O) groups excluding carboxylic acids is 2. The molecule has 4 aromatic rings. The predicted molar refractivity (Wildman–Crippen MR) is 140 cm³/mol. The summed E-state index contributed by atoms with van der Waals surface area (Å²) in [5, 5.41) is 8.07. The van der Waals surface area contributed by atoms with E-state index in [0.29, 0.717) is 24.8 Å².